The van der Waals surface area contributed by atoms with E-state index >= 15 is 0 Å². The zero-order chi connectivity index (χ0) is 16.1. The number of carbonyl (C=O) groups is 1. The Bertz CT molecular complexity index is 619. The molecule has 3 nitrogen and oxygen atoms in total. The minimum absolute atomic E-state index is 0.01000. The van der Waals surface area contributed by atoms with E-state index in [4.69, 9.17) is 0 Å². The maximum Gasteiger partial charge on any atom is 0.263 e. The van der Waals surface area contributed by atoms with Crippen LogP contribution in [0.3, 0.4) is 0 Å². The number of thiazole rings is 1. The zero-order valence-electron chi connectivity index (χ0n) is 13.7. The predicted octanol–water partition coefficient (Wildman–Crippen LogP) is 4.85. The molecule has 1 heterocycles. The summed E-state index contributed by atoms with van der Waals surface area (Å²) in [6, 6.07) is 10.2. The molecule has 22 heavy (non-hydrogen) atoms. The van der Waals surface area contributed by atoms with E-state index in [1.165, 1.54) is 11.3 Å². The minimum Gasteiger partial charge on any atom is -0.344 e. The molecule has 0 saturated carbocycles. The quantitative estimate of drug-likeness (QED) is 0.828. The second kappa shape index (κ2) is 7.54. The van der Waals surface area contributed by atoms with E-state index in [0.717, 1.165) is 34.0 Å². The van der Waals surface area contributed by atoms with E-state index in [9.17, 15) is 4.79 Å². The molecule has 0 bridgehead atoms. The van der Waals surface area contributed by atoms with Crippen LogP contribution in [0.25, 0.3) is 0 Å². The predicted molar refractivity (Wildman–Crippen MR) is 92.5 cm³/mol. The maximum atomic E-state index is 12.6. The summed E-state index contributed by atoms with van der Waals surface area (Å²) in [5.74, 6) is 0.343. The Labute approximate surface area is 136 Å². The van der Waals surface area contributed by atoms with Crippen molar-refractivity contribution in [2.45, 2.75) is 52.5 Å². The van der Waals surface area contributed by atoms with Gasteiger partial charge in [-0.15, -0.1) is 11.3 Å². The lowest BCUT2D eigenvalue weighted by Crippen LogP contribution is -2.28. The summed E-state index contributed by atoms with van der Waals surface area (Å²) in [6.07, 6.45) is 1.96. The number of rotatable bonds is 6. The molecule has 1 N–H and O–H groups in total. The average Bonchev–Trinajstić information content (AvgIpc) is 2.90. The third-order valence-electron chi connectivity index (χ3n) is 3.60. The van der Waals surface area contributed by atoms with E-state index in [-0.39, 0.29) is 11.9 Å². The first kappa shape index (κ1) is 16.7. The fraction of sp³-hybridized carbons (Fsp3) is 0.444. The SMILES string of the molecule is CCCC(NC(=O)c1sc(C(C)C)nc1C)c1ccccc1. The number of nitrogens with zero attached hydrogens (tertiary/aromatic N) is 1. The molecule has 0 spiro atoms. The van der Waals surface area contributed by atoms with Crippen molar-refractivity contribution in [3.63, 3.8) is 0 Å². The van der Waals surface area contributed by atoms with E-state index < -0.39 is 0 Å². The summed E-state index contributed by atoms with van der Waals surface area (Å²) in [6.45, 7) is 8.25. The largest absolute Gasteiger partial charge is 0.344 e. The molecular weight excluding hydrogens is 292 g/mol. The first-order valence-electron chi connectivity index (χ1n) is 7.86. The molecule has 0 aliphatic heterocycles. The lowest BCUT2D eigenvalue weighted by molar-refractivity contribution is 0.0938. The fourth-order valence-corrected chi connectivity index (χ4v) is 3.37. The number of aryl methyl sites for hydroxylation is 1. The Morgan fingerprint density at radius 3 is 2.50 bits per heavy atom. The topological polar surface area (TPSA) is 42.0 Å². The van der Waals surface area contributed by atoms with E-state index in [1.807, 2.05) is 25.1 Å². The van der Waals surface area contributed by atoms with Gasteiger partial charge in [-0.3, -0.25) is 4.79 Å². The normalized spacial score (nSPS) is 12.4. The van der Waals surface area contributed by atoms with Crippen LogP contribution in [0.4, 0.5) is 0 Å². The molecular formula is C18H24N2OS. The zero-order valence-corrected chi connectivity index (χ0v) is 14.5. The van der Waals surface area contributed by atoms with Crippen LogP contribution < -0.4 is 5.32 Å². The third-order valence-corrected chi connectivity index (χ3v) is 5.05. The summed E-state index contributed by atoms with van der Waals surface area (Å²) in [7, 11) is 0. The number of aromatic nitrogens is 1. The van der Waals surface area contributed by atoms with Gasteiger partial charge in [0.25, 0.3) is 5.91 Å². The van der Waals surface area contributed by atoms with Crippen molar-refractivity contribution in [1.29, 1.82) is 0 Å². The summed E-state index contributed by atoms with van der Waals surface area (Å²) in [4.78, 5) is 17.9. The Kier molecular flexibility index (Phi) is 5.72. The van der Waals surface area contributed by atoms with Gasteiger partial charge in [-0.1, -0.05) is 57.5 Å². The molecule has 2 aromatic rings. The average molecular weight is 316 g/mol. The molecule has 4 heteroatoms. The molecule has 0 radical (unpaired) electrons. The molecule has 2 rings (SSSR count). The summed E-state index contributed by atoms with van der Waals surface area (Å²) in [5, 5.41) is 4.20. The van der Waals surface area contributed by atoms with Gasteiger partial charge in [-0.2, -0.15) is 0 Å². The number of amides is 1. The monoisotopic (exact) mass is 316 g/mol. The second-order valence-electron chi connectivity index (χ2n) is 5.85. The highest BCUT2D eigenvalue weighted by atomic mass is 32.1. The molecule has 1 atom stereocenters. The number of benzene rings is 1. The third kappa shape index (κ3) is 3.95. The Morgan fingerprint density at radius 1 is 1.27 bits per heavy atom. The van der Waals surface area contributed by atoms with Crippen LogP contribution in [0.2, 0.25) is 0 Å². The van der Waals surface area contributed by atoms with Gasteiger partial charge < -0.3 is 5.32 Å². The lowest BCUT2D eigenvalue weighted by atomic mass is 10.0. The molecule has 0 fully saturated rings. The summed E-state index contributed by atoms with van der Waals surface area (Å²) in [5.41, 5.74) is 1.98. The Balaban J connectivity index is 2.18. The first-order valence-corrected chi connectivity index (χ1v) is 8.67. The van der Waals surface area contributed by atoms with E-state index in [1.54, 1.807) is 0 Å². The fourth-order valence-electron chi connectivity index (χ4n) is 2.39. The Hall–Kier alpha value is -1.68. The highest BCUT2D eigenvalue weighted by Crippen LogP contribution is 2.26. The van der Waals surface area contributed by atoms with Crippen molar-refractivity contribution in [3.8, 4) is 0 Å². The number of carbonyl (C=O) groups excluding carboxylic acids is 1. The van der Waals surface area contributed by atoms with Gasteiger partial charge in [-0.25, -0.2) is 4.98 Å². The molecule has 0 aliphatic carbocycles. The molecule has 1 aromatic heterocycles. The number of hydrogen-bond acceptors (Lipinski definition) is 3. The van der Waals surface area contributed by atoms with Gasteiger partial charge in [0.15, 0.2) is 0 Å². The van der Waals surface area contributed by atoms with Crippen molar-refractivity contribution < 1.29 is 4.79 Å². The van der Waals surface area contributed by atoms with Gasteiger partial charge in [0.1, 0.15) is 4.88 Å². The summed E-state index contributed by atoms with van der Waals surface area (Å²) >= 11 is 1.51. The van der Waals surface area contributed by atoms with Gasteiger partial charge in [0.05, 0.1) is 16.7 Å². The second-order valence-corrected chi connectivity index (χ2v) is 6.88. The molecule has 1 aromatic carbocycles. The van der Waals surface area contributed by atoms with Crippen molar-refractivity contribution in [1.82, 2.24) is 10.3 Å². The van der Waals surface area contributed by atoms with Crippen LogP contribution in [0.1, 0.15) is 71.5 Å². The molecule has 118 valence electrons. The Morgan fingerprint density at radius 2 is 1.95 bits per heavy atom. The van der Waals surface area contributed by atoms with Crippen LogP contribution in [0, 0.1) is 6.92 Å². The van der Waals surface area contributed by atoms with Crippen LogP contribution in [-0.4, -0.2) is 10.9 Å². The maximum absolute atomic E-state index is 12.6. The van der Waals surface area contributed by atoms with Gasteiger partial charge in [0, 0.05) is 5.92 Å². The standard InChI is InChI=1S/C18H24N2OS/c1-5-9-15(14-10-7-6-8-11-14)20-17(21)16-13(4)19-18(22-16)12(2)3/h6-8,10-12,15H,5,9H2,1-4H3,(H,20,21). The molecule has 1 amide bonds. The van der Waals surface area contributed by atoms with Gasteiger partial charge >= 0.3 is 0 Å². The highest BCUT2D eigenvalue weighted by Gasteiger charge is 2.20. The van der Waals surface area contributed by atoms with Crippen LogP contribution in [0.15, 0.2) is 30.3 Å². The van der Waals surface area contributed by atoms with Crippen LogP contribution in [-0.2, 0) is 0 Å². The van der Waals surface area contributed by atoms with Crippen LogP contribution >= 0.6 is 11.3 Å². The van der Waals surface area contributed by atoms with E-state index in [2.05, 4.69) is 43.2 Å². The smallest absolute Gasteiger partial charge is 0.263 e. The highest BCUT2D eigenvalue weighted by molar-refractivity contribution is 7.13. The van der Waals surface area contributed by atoms with Gasteiger partial charge in [0.2, 0.25) is 0 Å². The summed E-state index contributed by atoms with van der Waals surface area (Å²) < 4.78 is 0. The van der Waals surface area contributed by atoms with Crippen molar-refractivity contribution in [3.05, 3.63) is 51.5 Å². The van der Waals surface area contributed by atoms with Crippen molar-refractivity contribution >= 4 is 17.2 Å². The molecule has 0 aliphatic rings. The minimum atomic E-state index is -0.01000. The molecule has 0 saturated heterocycles. The number of hydrogen-bond donors (Lipinski definition) is 1. The van der Waals surface area contributed by atoms with Crippen molar-refractivity contribution in [2.75, 3.05) is 0 Å². The number of nitrogens with one attached hydrogen (secondary N) is 1. The van der Waals surface area contributed by atoms with Gasteiger partial charge in [-0.05, 0) is 18.9 Å². The van der Waals surface area contributed by atoms with Crippen molar-refractivity contribution in [2.24, 2.45) is 0 Å². The van der Waals surface area contributed by atoms with Crippen LogP contribution in [0.5, 0.6) is 0 Å². The van der Waals surface area contributed by atoms with E-state index in [0.29, 0.717) is 5.92 Å². The lowest BCUT2D eigenvalue weighted by Gasteiger charge is -2.18. The first-order chi connectivity index (χ1) is 10.5. The molecule has 1 unspecified atom stereocenters.